The molecule has 168 valence electrons. The van der Waals surface area contributed by atoms with E-state index in [4.69, 9.17) is 10.5 Å². The van der Waals surface area contributed by atoms with E-state index in [1.165, 1.54) is 19.2 Å². The molecule has 0 saturated heterocycles. The molecule has 0 aliphatic carbocycles. The van der Waals surface area contributed by atoms with Crippen molar-refractivity contribution in [3.05, 3.63) is 52.5 Å². The topological polar surface area (TPSA) is 78.6 Å². The van der Waals surface area contributed by atoms with E-state index in [0.717, 1.165) is 28.2 Å². The van der Waals surface area contributed by atoms with Gasteiger partial charge >= 0.3 is 154 Å². The molecule has 1 amide bonds. The number of hydrogen-bond donors (Lipinski definition) is 1. The van der Waals surface area contributed by atoms with Crippen LogP contribution in [0.5, 0.6) is 5.75 Å². The predicted octanol–water partition coefficient (Wildman–Crippen LogP) is 4.94. The van der Waals surface area contributed by atoms with E-state index in [2.05, 4.69) is 16.4 Å². The third-order valence-electron chi connectivity index (χ3n) is 3.97. The molecule has 5 nitrogen and oxygen atoms in total. The van der Waals surface area contributed by atoms with Crippen LogP contribution in [-0.4, -0.2) is 40.4 Å². The van der Waals surface area contributed by atoms with Crippen LogP contribution in [0.4, 0.5) is 13.2 Å². The van der Waals surface area contributed by atoms with E-state index in [0.29, 0.717) is 21.9 Å². The molecular weight excluding hydrogens is 478 g/mol. The van der Waals surface area contributed by atoms with Crippen molar-refractivity contribution in [3.63, 3.8) is 0 Å². The second-order valence-corrected chi connectivity index (χ2v) is 8.37. The molecule has 2 aromatic carbocycles. The molecule has 1 aromatic heterocycles. The van der Waals surface area contributed by atoms with E-state index < -0.39 is 12.3 Å². The van der Waals surface area contributed by atoms with Crippen molar-refractivity contribution in [3.8, 4) is 16.9 Å². The normalized spacial score (nSPS) is 10.5. The average Bonchev–Trinajstić information content (AvgIpc) is 3.06. The Labute approximate surface area is 184 Å². The van der Waals surface area contributed by atoms with Gasteiger partial charge in [0.15, 0.2) is 0 Å². The first-order chi connectivity index (χ1) is 14.2. The molecule has 3 rings (SSSR count). The maximum absolute atomic E-state index is 12.6. The number of hydrogen-bond acceptors (Lipinski definition) is 4. The minimum atomic E-state index is -4.77. The quantitative estimate of drug-likeness (QED) is 0.383. The van der Waals surface area contributed by atoms with E-state index in [1.807, 2.05) is 24.3 Å². The minimum Gasteiger partial charge on any atom is -0.471 e. The Kier molecular flexibility index (Phi) is 9.81. The molecule has 0 unspecified atom stereocenters. The van der Waals surface area contributed by atoms with Crippen molar-refractivity contribution < 1.29 is 32.2 Å². The van der Waals surface area contributed by atoms with Crippen molar-refractivity contribution in [1.29, 1.82) is 0 Å². The number of rotatable bonds is 6. The number of aryl methyl sites for hydroxylation is 1. The molecule has 9 heteroatoms. The van der Waals surface area contributed by atoms with Crippen LogP contribution < -0.4 is 10.5 Å². The molecule has 0 aliphatic heterocycles. The Morgan fingerprint density at radius 2 is 1.87 bits per heavy atom. The van der Waals surface area contributed by atoms with Crippen LogP contribution >= 0.6 is 0 Å². The van der Waals surface area contributed by atoms with Gasteiger partial charge in [-0.15, -0.1) is 0 Å². The summed E-state index contributed by atoms with van der Waals surface area (Å²) in [6, 6.07) is 11.9. The molecule has 0 radical (unpaired) electrons. The smallest absolute Gasteiger partial charge is 0.292 e. The first-order valence-electron chi connectivity index (χ1n) is 8.88. The fourth-order valence-electron chi connectivity index (χ4n) is 2.90. The van der Waals surface area contributed by atoms with Crippen LogP contribution in [0.3, 0.4) is 0 Å². The van der Waals surface area contributed by atoms with Crippen molar-refractivity contribution in [2.45, 2.75) is 33.6 Å². The number of carbonyl (C=O) groups is 2. The summed E-state index contributed by atoms with van der Waals surface area (Å²) in [4.78, 5) is 20.9. The van der Waals surface area contributed by atoms with Crippen molar-refractivity contribution in [2.75, 3.05) is 7.11 Å². The summed E-state index contributed by atoms with van der Waals surface area (Å²) in [6.45, 7) is 2.44. The second kappa shape index (κ2) is 11.6. The number of halogens is 3. The molecular formula is C22H24F3NO4Se. The summed E-state index contributed by atoms with van der Waals surface area (Å²) in [5, 5.41) is 0.578. The summed E-state index contributed by atoms with van der Waals surface area (Å²) in [7, 11) is 1.31. The average molecular weight is 502 g/mol. The maximum Gasteiger partial charge on any atom is 0.292 e. The fourth-order valence-corrected chi connectivity index (χ4v) is 5.12. The maximum atomic E-state index is 12.6. The monoisotopic (exact) mass is 503 g/mol. The molecule has 0 aliphatic rings. The number of benzene rings is 2. The molecule has 0 bridgehead atoms. The number of alkyl halides is 3. The van der Waals surface area contributed by atoms with Crippen LogP contribution in [0.1, 0.15) is 35.6 Å². The zero-order valence-corrected chi connectivity index (χ0v) is 18.0. The molecule has 0 saturated carbocycles. The van der Waals surface area contributed by atoms with Gasteiger partial charge in [-0.3, -0.25) is 4.79 Å². The van der Waals surface area contributed by atoms with E-state index >= 15 is 0 Å². The van der Waals surface area contributed by atoms with Crippen LogP contribution in [0, 0.1) is 0 Å². The third kappa shape index (κ3) is 7.15. The number of carbonyl (C=O) groups excluding carboxylic acids is 2. The molecule has 0 atom stereocenters. The number of methoxy groups -OCH3 is 1. The number of ether oxygens (including phenoxy) is 2. The number of amides is 1. The van der Waals surface area contributed by atoms with Gasteiger partial charge in [-0.05, 0) is 0 Å². The first-order valence-corrected chi connectivity index (χ1v) is 10.6. The summed E-state index contributed by atoms with van der Waals surface area (Å²) in [6.07, 6.45) is -2.92. The summed E-state index contributed by atoms with van der Waals surface area (Å²) >= 11 is -0.353. The van der Waals surface area contributed by atoms with Gasteiger partial charge in [0.2, 0.25) is 0 Å². The molecule has 2 N–H and O–H groups in total. The van der Waals surface area contributed by atoms with Crippen LogP contribution in [0.2, 0.25) is 0 Å². The van der Waals surface area contributed by atoms with Gasteiger partial charge in [0.1, 0.15) is 0 Å². The predicted molar refractivity (Wildman–Crippen MR) is 115 cm³/mol. The van der Waals surface area contributed by atoms with Crippen LogP contribution in [0.15, 0.2) is 42.5 Å². The van der Waals surface area contributed by atoms with Crippen LogP contribution in [0.25, 0.3) is 20.8 Å². The van der Waals surface area contributed by atoms with E-state index in [-0.39, 0.29) is 27.7 Å². The zero-order chi connectivity index (χ0) is 22.3. The van der Waals surface area contributed by atoms with Gasteiger partial charge in [0.05, 0.1) is 7.11 Å². The zero-order valence-electron chi connectivity index (χ0n) is 16.3. The van der Waals surface area contributed by atoms with E-state index in [9.17, 15) is 18.0 Å². The molecule has 0 spiro atoms. The SMILES string of the molecule is C.CCCc1cccc(-c2c(C(N)=O)[se]c3ccc(OC(F)(F)F)cc23)c1.COC=O. The van der Waals surface area contributed by atoms with Crippen molar-refractivity contribution in [2.24, 2.45) is 5.73 Å². The van der Waals surface area contributed by atoms with Gasteiger partial charge in [-0.2, -0.15) is 0 Å². The molecule has 3 aromatic rings. The Morgan fingerprint density at radius 3 is 2.42 bits per heavy atom. The van der Waals surface area contributed by atoms with Gasteiger partial charge in [-0.1, -0.05) is 7.43 Å². The summed E-state index contributed by atoms with van der Waals surface area (Å²) in [5.41, 5.74) is 8.05. The molecule has 0 fully saturated rings. The first kappa shape index (κ1) is 26.3. The number of nitrogens with two attached hydrogens (primary N) is 1. The molecule has 1 heterocycles. The van der Waals surface area contributed by atoms with Crippen LogP contribution in [-0.2, 0) is 16.0 Å². The minimum absolute atomic E-state index is 0. The Bertz CT molecular complexity index is 1030. The van der Waals surface area contributed by atoms with Gasteiger partial charge in [0.25, 0.3) is 6.47 Å². The Balaban J connectivity index is 0.000000885. The fraction of sp³-hybridized carbons (Fsp3) is 0.273. The summed E-state index contributed by atoms with van der Waals surface area (Å²) < 4.78 is 46.8. The largest absolute Gasteiger partial charge is 0.471 e. The second-order valence-electron chi connectivity index (χ2n) is 6.16. The summed E-state index contributed by atoms with van der Waals surface area (Å²) in [5.74, 6) is -0.852. The van der Waals surface area contributed by atoms with Gasteiger partial charge in [0, 0.05) is 0 Å². The van der Waals surface area contributed by atoms with Gasteiger partial charge in [-0.25, -0.2) is 0 Å². The number of fused-ring (bicyclic) bond motifs is 1. The van der Waals surface area contributed by atoms with Crippen molar-refractivity contribution >= 4 is 36.5 Å². The Morgan fingerprint density at radius 1 is 1.19 bits per heavy atom. The van der Waals surface area contributed by atoms with Gasteiger partial charge < -0.3 is 4.74 Å². The Hall–Kier alpha value is -2.77. The van der Waals surface area contributed by atoms with E-state index in [1.54, 1.807) is 6.07 Å². The van der Waals surface area contributed by atoms with Crippen molar-refractivity contribution in [1.82, 2.24) is 0 Å². The third-order valence-corrected chi connectivity index (χ3v) is 6.45. The molecule has 31 heavy (non-hydrogen) atoms. The number of primary amides is 1. The standard InChI is InChI=1S/C19H16F3NO2Se.C2H4O2.CH4/c1-2-4-11-5-3-6-12(9-11)16-14-10-13(25-19(20,21)22)7-8-15(14)26-17(16)18(23)24;1-4-2-3;/h3,5-10H,2,4H2,1H3,(H2,23,24);2H,1H3;1H4.